The molecule has 0 spiro atoms. The zero-order chi connectivity index (χ0) is 12.3. The van der Waals surface area contributed by atoms with E-state index in [1.807, 2.05) is 12.1 Å². The Morgan fingerprint density at radius 1 is 1.29 bits per heavy atom. The van der Waals surface area contributed by atoms with Crippen molar-refractivity contribution in [2.75, 3.05) is 6.54 Å². The van der Waals surface area contributed by atoms with Gasteiger partial charge in [0.1, 0.15) is 11.5 Å². The van der Waals surface area contributed by atoms with Gasteiger partial charge >= 0.3 is 0 Å². The van der Waals surface area contributed by atoms with Crippen LogP contribution in [0.1, 0.15) is 31.1 Å². The van der Waals surface area contributed by atoms with Gasteiger partial charge in [-0.05, 0) is 18.5 Å². The molecular formula is C14H18N2O. The van der Waals surface area contributed by atoms with E-state index in [4.69, 9.17) is 10.2 Å². The normalized spacial score (nSPS) is 11.1. The van der Waals surface area contributed by atoms with Crippen LogP contribution in [-0.2, 0) is 6.42 Å². The highest BCUT2D eigenvalue weighted by molar-refractivity contribution is 5.65. The summed E-state index contributed by atoms with van der Waals surface area (Å²) < 4.78 is 5.47. The van der Waals surface area contributed by atoms with Crippen LogP contribution in [0, 0.1) is 0 Å². The van der Waals surface area contributed by atoms with E-state index < -0.39 is 0 Å². The molecule has 2 aromatic rings. The van der Waals surface area contributed by atoms with Crippen LogP contribution in [0.5, 0.6) is 0 Å². The summed E-state index contributed by atoms with van der Waals surface area (Å²) in [5.74, 6) is 1.27. The number of benzene rings is 1. The van der Waals surface area contributed by atoms with E-state index in [0.29, 0.717) is 12.5 Å². The molecule has 1 aromatic carbocycles. The van der Waals surface area contributed by atoms with Gasteiger partial charge in [0.2, 0.25) is 0 Å². The summed E-state index contributed by atoms with van der Waals surface area (Å²) in [7, 11) is 0. The molecule has 0 aliphatic heterocycles. The molecule has 2 N–H and O–H groups in total. The van der Waals surface area contributed by atoms with E-state index in [1.54, 1.807) is 0 Å². The Balaban J connectivity index is 2.48. The van der Waals surface area contributed by atoms with Gasteiger partial charge in [-0.25, -0.2) is 4.98 Å². The van der Waals surface area contributed by atoms with Gasteiger partial charge in [-0.15, -0.1) is 0 Å². The molecule has 0 atom stereocenters. The molecule has 2 rings (SSSR count). The van der Waals surface area contributed by atoms with Crippen molar-refractivity contribution >= 4 is 0 Å². The number of hydrogen-bond donors (Lipinski definition) is 1. The van der Waals surface area contributed by atoms with Crippen LogP contribution in [0.25, 0.3) is 11.3 Å². The highest BCUT2D eigenvalue weighted by Gasteiger charge is 2.15. The number of nitrogens with zero attached hydrogens (tertiary/aromatic N) is 1. The second kappa shape index (κ2) is 5.15. The summed E-state index contributed by atoms with van der Waals surface area (Å²) in [5.41, 5.74) is 8.95. The van der Waals surface area contributed by atoms with Crippen molar-refractivity contribution in [2.24, 2.45) is 5.73 Å². The van der Waals surface area contributed by atoms with Crippen molar-refractivity contribution in [1.82, 2.24) is 4.98 Å². The quantitative estimate of drug-likeness (QED) is 0.878. The molecule has 0 aliphatic carbocycles. The molecule has 17 heavy (non-hydrogen) atoms. The van der Waals surface area contributed by atoms with Crippen LogP contribution in [-0.4, -0.2) is 11.5 Å². The van der Waals surface area contributed by atoms with Gasteiger partial charge in [-0.1, -0.05) is 38.1 Å². The minimum Gasteiger partial charge on any atom is -0.448 e. The highest BCUT2D eigenvalue weighted by atomic mass is 16.3. The molecule has 3 heteroatoms. The van der Waals surface area contributed by atoms with Crippen molar-refractivity contribution in [2.45, 2.75) is 26.2 Å². The first-order valence-corrected chi connectivity index (χ1v) is 5.95. The lowest BCUT2D eigenvalue weighted by atomic mass is 9.98. The van der Waals surface area contributed by atoms with Crippen LogP contribution < -0.4 is 5.73 Å². The minimum atomic E-state index is 0.332. The van der Waals surface area contributed by atoms with E-state index in [0.717, 1.165) is 23.4 Å². The first kappa shape index (κ1) is 11.9. The molecule has 0 unspecified atom stereocenters. The Morgan fingerprint density at radius 3 is 2.76 bits per heavy atom. The molecule has 1 heterocycles. The minimum absolute atomic E-state index is 0.332. The van der Waals surface area contributed by atoms with E-state index in [1.165, 1.54) is 12.0 Å². The number of hydrogen-bond acceptors (Lipinski definition) is 3. The second-order valence-electron chi connectivity index (χ2n) is 4.42. The fourth-order valence-corrected chi connectivity index (χ4v) is 1.99. The Bertz CT molecular complexity index is 488. The third kappa shape index (κ3) is 2.39. The molecular weight excluding hydrogens is 212 g/mol. The Hall–Kier alpha value is -1.61. The maximum atomic E-state index is 5.64. The van der Waals surface area contributed by atoms with Crippen LogP contribution in [0.15, 0.2) is 35.1 Å². The van der Waals surface area contributed by atoms with Crippen LogP contribution in [0.3, 0.4) is 0 Å². The number of oxazole rings is 1. The van der Waals surface area contributed by atoms with Gasteiger partial charge in [0.15, 0.2) is 6.39 Å². The summed E-state index contributed by atoms with van der Waals surface area (Å²) >= 11 is 0. The molecule has 0 bridgehead atoms. The summed E-state index contributed by atoms with van der Waals surface area (Å²) in [6.45, 7) is 4.86. The van der Waals surface area contributed by atoms with Crippen molar-refractivity contribution in [3.8, 4) is 11.3 Å². The van der Waals surface area contributed by atoms with Gasteiger partial charge in [-0.3, -0.25) is 0 Å². The summed E-state index contributed by atoms with van der Waals surface area (Å²) in [6, 6.07) is 8.23. The lowest BCUT2D eigenvalue weighted by Crippen LogP contribution is -2.04. The molecule has 1 aromatic heterocycles. The fraction of sp³-hybridized carbons (Fsp3) is 0.357. The first-order valence-electron chi connectivity index (χ1n) is 5.95. The zero-order valence-electron chi connectivity index (χ0n) is 10.3. The summed E-state index contributed by atoms with van der Waals surface area (Å²) in [4.78, 5) is 4.34. The van der Waals surface area contributed by atoms with Gasteiger partial charge in [0, 0.05) is 11.5 Å². The molecule has 3 nitrogen and oxygen atoms in total. The van der Waals surface area contributed by atoms with Crippen LogP contribution >= 0.6 is 0 Å². The number of nitrogens with two attached hydrogens (primary N) is 1. The first-order chi connectivity index (χ1) is 8.24. The van der Waals surface area contributed by atoms with Gasteiger partial charge in [-0.2, -0.15) is 0 Å². The van der Waals surface area contributed by atoms with Crippen molar-refractivity contribution in [1.29, 1.82) is 0 Å². The smallest absolute Gasteiger partial charge is 0.181 e. The lowest BCUT2D eigenvalue weighted by Gasteiger charge is -2.09. The number of rotatable bonds is 4. The Kier molecular flexibility index (Phi) is 3.59. The fourth-order valence-electron chi connectivity index (χ4n) is 1.99. The van der Waals surface area contributed by atoms with Crippen molar-refractivity contribution < 1.29 is 4.42 Å². The van der Waals surface area contributed by atoms with E-state index >= 15 is 0 Å². The zero-order valence-corrected chi connectivity index (χ0v) is 10.3. The van der Waals surface area contributed by atoms with Gasteiger partial charge in [0.05, 0.1) is 0 Å². The lowest BCUT2D eigenvalue weighted by molar-refractivity contribution is 0.483. The van der Waals surface area contributed by atoms with Crippen molar-refractivity contribution in [3.63, 3.8) is 0 Å². The van der Waals surface area contributed by atoms with E-state index in [2.05, 4.69) is 31.0 Å². The third-order valence-corrected chi connectivity index (χ3v) is 2.81. The topological polar surface area (TPSA) is 52.0 Å². The van der Waals surface area contributed by atoms with Gasteiger partial charge in [0.25, 0.3) is 0 Å². The average molecular weight is 230 g/mol. The van der Waals surface area contributed by atoms with Crippen LogP contribution in [0.4, 0.5) is 0 Å². The molecule has 0 fully saturated rings. The largest absolute Gasteiger partial charge is 0.448 e. The predicted molar refractivity (Wildman–Crippen MR) is 68.8 cm³/mol. The Labute approximate surface area is 102 Å². The predicted octanol–water partition coefficient (Wildman–Crippen LogP) is 2.97. The molecule has 0 saturated heterocycles. The average Bonchev–Trinajstić information content (AvgIpc) is 2.79. The molecule has 0 saturated carbocycles. The highest BCUT2D eigenvalue weighted by Crippen LogP contribution is 2.30. The monoisotopic (exact) mass is 230 g/mol. The molecule has 0 aliphatic rings. The van der Waals surface area contributed by atoms with E-state index in [9.17, 15) is 0 Å². The Morgan fingerprint density at radius 2 is 2.06 bits per heavy atom. The van der Waals surface area contributed by atoms with Crippen LogP contribution in [0.2, 0.25) is 0 Å². The molecule has 0 amide bonds. The second-order valence-corrected chi connectivity index (χ2v) is 4.42. The molecule has 90 valence electrons. The maximum absolute atomic E-state index is 5.64. The van der Waals surface area contributed by atoms with Gasteiger partial charge < -0.3 is 10.2 Å². The SMILES string of the molecule is CC(C)c1ocnc1-c1ccccc1CCN. The maximum Gasteiger partial charge on any atom is 0.181 e. The molecule has 0 radical (unpaired) electrons. The van der Waals surface area contributed by atoms with Crippen molar-refractivity contribution in [3.05, 3.63) is 42.0 Å². The summed E-state index contributed by atoms with van der Waals surface area (Å²) in [5, 5.41) is 0. The number of aromatic nitrogens is 1. The van der Waals surface area contributed by atoms with E-state index in [-0.39, 0.29) is 0 Å². The summed E-state index contributed by atoms with van der Waals surface area (Å²) in [6.07, 6.45) is 2.38. The third-order valence-electron chi connectivity index (χ3n) is 2.81. The standard InChI is InChI=1S/C14H18N2O/c1-10(2)14-13(16-9-17-14)12-6-4-3-5-11(12)7-8-15/h3-6,9-10H,7-8,15H2,1-2H3.